The summed E-state index contributed by atoms with van der Waals surface area (Å²) in [4.78, 5) is 13.1. The zero-order valence-corrected chi connectivity index (χ0v) is 19.1. The van der Waals surface area contributed by atoms with Gasteiger partial charge in [0, 0.05) is 23.1 Å². The van der Waals surface area contributed by atoms with Crippen molar-refractivity contribution < 1.29 is 17.9 Å². The van der Waals surface area contributed by atoms with Gasteiger partial charge in [-0.1, -0.05) is 17.7 Å². The molecule has 3 rings (SSSR count). The molecule has 1 amide bonds. The molecule has 156 valence electrons. The number of aryl methyl sites for hydroxylation is 1. The van der Waals surface area contributed by atoms with Gasteiger partial charge in [0.2, 0.25) is 10.0 Å². The highest BCUT2D eigenvalue weighted by Crippen LogP contribution is 2.28. The van der Waals surface area contributed by atoms with Crippen molar-refractivity contribution in [3.05, 3.63) is 57.6 Å². The van der Waals surface area contributed by atoms with Gasteiger partial charge in [-0.25, -0.2) is 8.42 Å². The van der Waals surface area contributed by atoms with Gasteiger partial charge in [-0.3, -0.25) is 4.79 Å². The third-order valence-corrected chi connectivity index (χ3v) is 7.67. The predicted molar refractivity (Wildman–Crippen MR) is 116 cm³/mol. The van der Waals surface area contributed by atoms with Crippen LogP contribution in [0.25, 0.3) is 0 Å². The van der Waals surface area contributed by atoms with Crippen LogP contribution in [0.1, 0.15) is 47.3 Å². The van der Waals surface area contributed by atoms with Crippen molar-refractivity contribution in [3.63, 3.8) is 0 Å². The fourth-order valence-electron chi connectivity index (χ4n) is 3.46. The van der Waals surface area contributed by atoms with Crippen LogP contribution in [0, 0.1) is 6.92 Å². The Morgan fingerprint density at radius 1 is 1.17 bits per heavy atom. The molecule has 6 nitrogen and oxygen atoms in total. The highest BCUT2D eigenvalue weighted by molar-refractivity contribution is 9.10. The summed E-state index contributed by atoms with van der Waals surface area (Å²) in [6, 6.07) is 10.0. The van der Waals surface area contributed by atoms with Crippen molar-refractivity contribution >= 4 is 31.9 Å². The van der Waals surface area contributed by atoms with E-state index in [9.17, 15) is 13.2 Å². The minimum absolute atomic E-state index is 0.133. The maximum atomic E-state index is 12.9. The van der Waals surface area contributed by atoms with Crippen LogP contribution < -0.4 is 10.1 Å². The second kappa shape index (κ2) is 8.85. The van der Waals surface area contributed by atoms with Gasteiger partial charge < -0.3 is 10.1 Å². The lowest BCUT2D eigenvalue weighted by Crippen LogP contribution is -2.29. The number of benzene rings is 2. The molecule has 1 aliphatic rings. The summed E-state index contributed by atoms with van der Waals surface area (Å²) in [5.41, 5.74) is 2.20. The summed E-state index contributed by atoms with van der Waals surface area (Å²) in [6.07, 6.45) is 1.72. The predicted octanol–water partition coefficient (Wildman–Crippen LogP) is 4.04. The average Bonchev–Trinajstić information content (AvgIpc) is 3.23. The fraction of sp³-hybridized carbons (Fsp3) is 0.381. The first-order valence-electron chi connectivity index (χ1n) is 9.49. The summed E-state index contributed by atoms with van der Waals surface area (Å²) in [5.74, 6) is 0.333. The first-order chi connectivity index (χ1) is 13.7. The van der Waals surface area contributed by atoms with Gasteiger partial charge in [-0.05, 0) is 66.9 Å². The highest BCUT2D eigenvalue weighted by atomic mass is 79.9. The highest BCUT2D eigenvalue weighted by Gasteiger charge is 2.28. The van der Waals surface area contributed by atoms with Crippen LogP contribution in [-0.2, 0) is 10.0 Å². The molecule has 0 saturated carbocycles. The number of rotatable bonds is 6. The minimum atomic E-state index is -3.60. The third-order valence-electron chi connectivity index (χ3n) is 5.08. The molecule has 1 N–H and O–H groups in total. The summed E-state index contributed by atoms with van der Waals surface area (Å²) in [6.45, 7) is 4.88. The molecule has 1 aliphatic heterocycles. The number of hydrogen-bond acceptors (Lipinski definition) is 4. The summed E-state index contributed by atoms with van der Waals surface area (Å²) in [7, 11) is -2.01. The molecule has 8 heteroatoms. The van der Waals surface area contributed by atoms with E-state index in [4.69, 9.17) is 4.74 Å². The average molecular weight is 481 g/mol. The van der Waals surface area contributed by atoms with Crippen LogP contribution in [0.3, 0.4) is 0 Å². The van der Waals surface area contributed by atoms with E-state index in [1.165, 1.54) is 16.4 Å². The van der Waals surface area contributed by atoms with Gasteiger partial charge in [0.1, 0.15) is 5.75 Å². The first-order valence-corrected chi connectivity index (χ1v) is 11.7. The number of halogens is 1. The molecule has 1 atom stereocenters. The van der Waals surface area contributed by atoms with Gasteiger partial charge in [0.15, 0.2) is 0 Å². The maximum Gasteiger partial charge on any atom is 0.252 e. The molecule has 0 spiro atoms. The lowest BCUT2D eigenvalue weighted by molar-refractivity contribution is 0.0938. The largest absolute Gasteiger partial charge is 0.496 e. The van der Waals surface area contributed by atoms with Gasteiger partial charge in [-0.15, -0.1) is 0 Å². The van der Waals surface area contributed by atoms with Crippen molar-refractivity contribution in [1.82, 2.24) is 9.62 Å². The van der Waals surface area contributed by atoms with Gasteiger partial charge >= 0.3 is 0 Å². The van der Waals surface area contributed by atoms with Gasteiger partial charge in [0.25, 0.3) is 5.91 Å². The quantitative estimate of drug-likeness (QED) is 0.676. The molecule has 2 aromatic carbocycles. The lowest BCUT2D eigenvalue weighted by Gasteiger charge is -2.19. The molecule has 0 aromatic heterocycles. The lowest BCUT2D eigenvalue weighted by atomic mass is 10.0. The Kier molecular flexibility index (Phi) is 6.65. The van der Waals surface area contributed by atoms with Crippen molar-refractivity contribution in [2.24, 2.45) is 0 Å². The monoisotopic (exact) mass is 480 g/mol. The van der Waals surface area contributed by atoms with E-state index < -0.39 is 10.0 Å². The standard InChI is InChI=1S/C21H25BrN2O4S/c1-14-6-9-20(28-3)17(12-14)15(2)23-21(25)18-13-16(7-8-19(18)22)29(26,27)24-10-4-5-11-24/h6-9,12-13,15H,4-5,10-11H2,1-3H3,(H,23,25). The van der Waals surface area contributed by atoms with Gasteiger partial charge in [0.05, 0.1) is 23.6 Å². The Balaban J connectivity index is 1.87. The van der Waals surface area contributed by atoms with Crippen molar-refractivity contribution in [1.29, 1.82) is 0 Å². The summed E-state index contributed by atoms with van der Waals surface area (Å²) in [5, 5.41) is 2.95. The summed E-state index contributed by atoms with van der Waals surface area (Å²) >= 11 is 3.37. The van der Waals surface area contributed by atoms with E-state index in [2.05, 4.69) is 21.2 Å². The molecule has 2 aromatic rings. The number of carbonyl (C=O) groups excluding carboxylic acids is 1. The van der Waals surface area contributed by atoms with Crippen molar-refractivity contribution in [2.45, 2.75) is 37.6 Å². The Labute approximate surface area is 180 Å². The van der Waals surface area contributed by atoms with Crippen LogP contribution in [-0.4, -0.2) is 38.8 Å². The second-order valence-corrected chi connectivity index (χ2v) is 9.99. The number of nitrogens with one attached hydrogen (secondary N) is 1. The van der Waals surface area contributed by atoms with Gasteiger partial charge in [-0.2, -0.15) is 4.31 Å². The molecule has 29 heavy (non-hydrogen) atoms. The maximum absolute atomic E-state index is 12.9. The Hall–Kier alpha value is -1.90. The van der Waals surface area contributed by atoms with Crippen molar-refractivity contribution in [3.8, 4) is 5.75 Å². The van der Waals surface area contributed by atoms with Crippen LogP contribution in [0.4, 0.5) is 0 Å². The fourth-order valence-corrected chi connectivity index (χ4v) is 5.43. The number of methoxy groups -OCH3 is 1. The molecular weight excluding hydrogens is 456 g/mol. The van der Waals surface area contributed by atoms with E-state index in [1.54, 1.807) is 13.2 Å². The zero-order chi connectivity index (χ0) is 21.2. The number of sulfonamides is 1. The molecule has 1 saturated heterocycles. The van der Waals surface area contributed by atoms with E-state index in [0.29, 0.717) is 23.3 Å². The number of hydrogen-bond donors (Lipinski definition) is 1. The minimum Gasteiger partial charge on any atom is -0.496 e. The van der Waals surface area contributed by atoms with Crippen LogP contribution >= 0.6 is 15.9 Å². The molecule has 0 radical (unpaired) electrons. The van der Waals surface area contributed by atoms with E-state index in [1.807, 2.05) is 32.0 Å². The molecular formula is C21H25BrN2O4S. The van der Waals surface area contributed by atoms with Crippen LogP contribution in [0.15, 0.2) is 45.8 Å². The zero-order valence-electron chi connectivity index (χ0n) is 16.7. The van der Waals surface area contributed by atoms with Crippen molar-refractivity contribution in [2.75, 3.05) is 20.2 Å². The number of nitrogens with zero attached hydrogens (tertiary/aromatic N) is 1. The number of carbonyl (C=O) groups is 1. The first kappa shape index (κ1) is 21.8. The van der Waals surface area contributed by atoms with Crippen LogP contribution in [0.5, 0.6) is 5.75 Å². The number of ether oxygens (including phenoxy) is 1. The van der Waals surface area contributed by atoms with Crippen LogP contribution in [0.2, 0.25) is 0 Å². The SMILES string of the molecule is COc1ccc(C)cc1C(C)NC(=O)c1cc(S(=O)(=O)N2CCCC2)ccc1Br. The third kappa shape index (κ3) is 4.65. The topological polar surface area (TPSA) is 75.7 Å². The molecule has 1 fully saturated rings. The summed E-state index contributed by atoms with van der Waals surface area (Å²) < 4.78 is 33.1. The number of amides is 1. The smallest absolute Gasteiger partial charge is 0.252 e. The van der Waals surface area contributed by atoms with E-state index in [0.717, 1.165) is 24.0 Å². The Morgan fingerprint density at radius 2 is 1.86 bits per heavy atom. The Bertz CT molecular complexity index is 1020. The molecule has 1 heterocycles. The Morgan fingerprint density at radius 3 is 2.52 bits per heavy atom. The normalized spacial score (nSPS) is 15.9. The molecule has 0 aliphatic carbocycles. The molecule has 1 unspecified atom stereocenters. The molecule has 0 bridgehead atoms. The van der Waals surface area contributed by atoms with E-state index >= 15 is 0 Å². The van der Waals surface area contributed by atoms with E-state index in [-0.39, 0.29) is 22.4 Å². The second-order valence-electron chi connectivity index (χ2n) is 7.19.